The minimum Gasteiger partial charge on any atom is -0.495 e. The summed E-state index contributed by atoms with van der Waals surface area (Å²) in [7, 11) is -5.71. The third-order valence-electron chi connectivity index (χ3n) is 3.35. The molecule has 1 saturated heterocycles. The zero-order chi connectivity index (χ0) is 17.3. The fourth-order valence-corrected chi connectivity index (χ4v) is 5.37. The van der Waals surface area contributed by atoms with Gasteiger partial charge in [0.25, 0.3) is 0 Å². The van der Waals surface area contributed by atoms with E-state index in [1.54, 1.807) is 0 Å². The van der Waals surface area contributed by atoms with Gasteiger partial charge in [0.05, 0.1) is 29.2 Å². The molecule has 2 N–H and O–H groups in total. The maximum Gasteiger partial charge on any atom is 0.240 e. The van der Waals surface area contributed by atoms with E-state index in [1.807, 2.05) is 0 Å². The first kappa shape index (κ1) is 17.7. The van der Waals surface area contributed by atoms with Crippen LogP contribution in [0.5, 0.6) is 5.75 Å². The van der Waals surface area contributed by atoms with Gasteiger partial charge in [-0.15, -0.1) is 0 Å². The van der Waals surface area contributed by atoms with Gasteiger partial charge in [0.1, 0.15) is 5.75 Å². The smallest absolute Gasteiger partial charge is 0.240 e. The first-order chi connectivity index (χ1) is 10.6. The SMILES string of the molecule is COc1cc(S(=O)(=O)N[C@@H]2CCS(=O)(=O)C2)ccc1NC(C)=O. The largest absolute Gasteiger partial charge is 0.495 e. The van der Waals surface area contributed by atoms with Crippen molar-refractivity contribution in [3.63, 3.8) is 0 Å². The Hall–Kier alpha value is -1.65. The molecule has 0 bridgehead atoms. The van der Waals surface area contributed by atoms with E-state index in [2.05, 4.69) is 10.0 Å². The lowest BCUT2D eigenvalue weighted by molar-refractivity contribution is -0.114. The van der Waals surface area contributed by atoms with Gasteiger partial charge in [-0.2, -0.15) is 0 Å². The molecule has 1 amide bonds. The summed E-state index contributed by atoms with van der Waals surface area (Å²) < 4.78 is 55.0. The summed E-state index contributed by atoms with van der Waals surface area (Å²) in [5.41, 5.74) is 0.349. The first-order valence-corrected chi connectivity index (χ1v) is 10.1. The quantitative estimate of drug-likeness (QED) is 0.768. The zero-order valence-electron chi connectivity index (χ0n) is 12.7. The Morgan fingerprint density at radius 1 is 1.35 bits per heavy atom. The minimum absolute atomic E-state index is 0.0228. The maximum atomic E-state index is 12.4. The fraction of sp³-hybridized carbons (Fsp3) is 0.462. The molecule has 1 fully saturated rings. The second kappa shape index (κ2) is 6.46. The number of carbonyl (C=O) groups is 1. The van der Waals surface area contributed by atoms with E-state index in [0.717, 1.165) is 0 Å². The molecule has 1 aromatic rings. The van der Waals surface area contributed by atoms with Crippen molar-refractivity contribution in [1.82, 2.24) is 4.72 Å². The second-order valence-corrected chi connectivity index (χ2v) is 9.21. The van der Waals surface area contributed by atoms with Gasteiger partial charge in [-0.3, -0.25) is 4.79 Å². The molecular weight excluding hydrogens is 344 g/mol. The van der Waals surface area contributed by atoms with Crippen LogP contribution in [-0.2, 0) is 24.7 Å². The van der Waals surface area contributed by atoms with Crippen LogP contribution in [0.2, 0.25) is 0 Å². The average molecular weight is 362 g/mol. The van der Waals surface area contributed by atoms with Crippen LogP contribution in [0.15, 0.2) is 23.1 Å². The Morgan fingerprint density at radius 2 is 2.04 bits per heavy atom. The molecule has 8 nitrogen and oxygen atoms in total. The molecule has 0 saturated carbocycles. The second-order valence-electron chi connectivity index (χ2n) is 5.26. The van der Waals surface area contributed by atoms with Crippen LogP contribution in [0.1, 0.15) is 13.3 Å². The van der Waals surface area contributed by atoms with Crippen LogP contribution in [0.25, 0.3) is 0 Å². The lowest BCUT2D eigenvalue weighted by Crippen LogP contribution is -2.35. The van der Waals surface area contributed by atoms with Crippen LogP contribution >= 0.6 is 0 Å². The van der Waals surface area contributed by atoms with E-state index in [0.29, 0.717) is 5.69 Å². The number of rotatable bonds is 5. The summed E-state index contributed by atoms with van der Waals surface area (Å²) in [5, 5.41) is 2.53. The summed E-state index contributed by atoms with van der Waals surface area (Å²) in [4.78, 5) is 11.0. The number of hydrogen-bond donors (Lipinski definition) is 2. The van der Waals surface area contributed by atoms with Gasteiger partial charge in [0.15, 0.2) is 9.84 Å². The van der Waals surface area contributed by atoms with Crippen molar-refractivity contribution >= 4 is 31.5 Å². The van der Waals surface area contributed by atoms with Gasteiger partial charge in [-0.25, -0.2) is 21.6 Å². The topological polar surface area (TPSA) is 119 Å². The Balaban J connectivity index is 2.24. The molecule has 1 aliphatic rings. The summed E-state index contributed by atoms with van der Waals surface area (Å²) >= 11 is 0. The lowest BCUT2D eigenvalue weighted by atomic mass is 10.3. The van der Waals surface area contributed by atoms with E-state index >= 15 is 0 Å². The van der Waals surface area contributed by atoms with Gasteiger partial charge >= 0.3 is 0 Å². The van der Waals surface area contributed by atoms with Crippen LogP contribution in [0, 0.1) is 0 Å². The molecule has 128 valence electrons. The van der Waals surface area contributed by atoms with Crippen molar-refractivity contribution in [1.29, 1.82) is 0 Å². The molecule has 0 spiro atoms. The highest BCUT2D eigenvalue weighted by molar-refractivity contribution is 7.92. The highest BCUT2D eigenvalue weighted by atomic mass is 32.2. The number of benzene rings is 1. The number of hydrogen-bond acceptors (Lipinski definition) is 6. The fourth-order valence-electron chi connectivity index (χ4n) is 2.31. The molecule has 1 aromatic carbocycles. The Morgan fingerprint density at radius 3 is 2.57 bits per heavy atom. The number of carbonyl (C=O) groups excluding carboxylic acids is 1. The summed E-state index contributed by atoms with van der Waals surface area (Å²) in [6, 6.07) is 3.38. The van der Waals surface area contributed by atoms with Crippen molar-refractivity contribution < 1.29 is 26.4 Å². The molecule has 10 heteroatoms. The highest BCUT2D eigenvalue weighted by Crippen LogP contribution is 2.28. The molecule has 1 heterocycles. The van der Waals surface area contributed by atoms with Crippen molar-refractivity contribution in [3.05, 3.63) is 18.2 Å². The zero-order valence-corrected chi connectivity index (χ0v) is 14.3. The molecule has 1 atom stereocenters. The van der Waals surface area contributed by atoms with Gasteiger partial charge in [-0.05, 0) is 18.6 Å². The number of sulfonamides is 1. The van der Waals surface area contributed by atoms with Gasteiger partial charge in [0.2, 0.25) is 15.9 Å². The monoisotopic (exact) mass is 362 g/mol. The molecular formula is C13H18N2O6S2. The first-order valence-electron chi connectivity index (χ1n) is 6.81. The highest BCUT2D eigenvalue weighted by Gasteiger charge is 2.31. The van der Waals surface area contributed by atoms with Crippen molar-refractivity contribution in [2.45, 2.75) is 24.3 Å². The predicted molar refractivity (Wildman–Crippen MR) is 84.7 cm³/mol. The number of methoxy groups -OCH3 is 1. The molecule has 23 heavy (non-hydrogen) atoms. The van der Waals surface area contributed by atoms with E-state index in [9.17, 15) is 21.6 Å². The normalized spacial score (nSPS) is 20.2. The van der Waals surface area contributed by atoms with Crippen LogP contribution < -0.4 is 14.8 Å². The van der Waals surface area contributed by atoms with Crippen molar-refractivity contribution in [2.24, 2.45) is 0 Å². The van der Waals surface area contributed by atoms with Crippen LogP contribution in [0.4, 0.5) is 5.69 Å². The third-order valence-corrected chi connectivity index (χ3v) is 6.63. The van der Waals surface area contributed by atoms with Crippen molar-refractivity contribution in [2.75, 3.05) is 23.9 Å². The number of nitrogens with one attached hydrogen (secondary N) is 2. The molecule has 2 rings (SSSR count). The summed E-state index contributed by atoms with van der Waals surface area (Å²) in [5.74, 6) is -0.339. The lowest BCUT2D eigenvalue weighted by Gasteiger charge is -2.14. The number of sulfone groups is 1. The molecule has 1 aliphatic heterocycles. The Labute approximate surface area is 135 Å². The van der Waals surface area contributed by atoms with Gasteiger partial charge in [0, 0.05) is 19.0 Å². The predicted octanol–water partition coefficient (Wildman–Crippen LogP) is 0.119. The molecule has 0 aliphatic carbocycles. The average Bonchev–Trinajstić information content (AvgIpc) is 2.76. The minimum atomic E-state index is -3.88. The van der Waals surface area contributed by atoms with E-state index in [1.165, 1.54) is 32.2 Å². The third kappa shape index (κ3) is 4.43. The Bertz CT molecular complexity index is 817. The maximum absolute atomic E-state index is 12.4. The Kier molecular flexibility index (Phi) is 4.97. The summed E-state index contributed by atoms with van der Waals surface area (Å²) in [6.45, 7) is 1.33. The van der Waals surface area contributed by atoms with Gasteiger partial charge < -0.3 is 10.1 Å². The standard InChI is InChI=1S/C13H18N2O6S2/c1-9(16)14-12-4-3-11(7-13(12)21-2)23(19,20)15-10-5-6-22(17,18)8-10/h3-4,7,10,15H,5-6,8H2,1-2H3,(H,14,16)/t10-/m1/s1. The number of amides is 1. The number of ether oxygens (including phenoxy) is 1. The van der Waals surface area contributed by atoms with E-state index < -0.39 is 25.9 Å². The van der Waals surface area contributed by atoms with Crippen LogP contribution in [0.3, 0.4) is 0 Å². The number of anilines is 1. The summed E-state index contributed by atoms with van der Waals surface area (Å²) in [6.07, 6.45) is 0.253. The molecule has 0 aromatic heterocycles. The van der Waals surface area contributed by atoms with Crippen molar-refractivity contribution in [3.8, 4) is 5.75 Å². The van der Waals surface area contributed by atoms with E-state index in [4.69, 9.17) is 4.74 Å². The molecule has 0 unspecified atom stereocenters. The van der Waals surface area contributed by atoms with Gasteiger partial charge in [-0.1, -0.05) is 0 Å². The molecule has 0 radical (unpaired) electrons. The van der Waals surface area contributed by atoms with E-state index in [-0.39, 0.29) is 34.5 Å². The van der Waals surface area contributed by atoms with Crippen LogP contribution in [-0.4, -0.2) is 47.4 Å².